The highest BCUT2D eigenvalue weighted by Gasteiger charge is 2.28. The van der Waals surface area contributed by atoms with Crippen LogP contribution >= 0.6 is 11.6 Å². The van der Waals surface area contributed by atoms with E-state index in [1.54, 1.807) is 7.05 Å². The topological polar surface area (TPSA) is 50.4 Å². The molecule has 5 heteroatoms. The Morgan fingerprint density at radius 2 is 2.42 bits per heavy atom. The number of carbonyl (C=O) groups excluding carboxylic acids is 1. The summed E-state index contributed by atoms with van der Waals surface area (Å²) in [6.45, 7) is 1.88. The molecule has 0 bridgehead atoms. The van der Waals surface area contributed by atoms with Gasteiger partial charge in [0.25, 0.3) is 0 Å². The molecule has 104 valence electrons. The number of rotatable bonds is 3. The number of ether oxygens (including phenoxy) is 1. The molecule has 1 aromatic carbocycles. The maximum Gasteiger partial charge on any atom is 0.407 e. The Morgan fingerprint density at radius 1 is 1.58 bits per heavy atom. The van der Waals surface area contributed by atoms with Crippen LogP contribution in [-0.4, -0.2) is 26.2 Å². The molecule has 2 atom stereocenters. The average molecular weight is 283 g/mol. The summed E-state index contributed by atoms with van der Waals surface area (Å²) in [5.74, 6) is 0.282. The van der Waals surface area contributed by atoms with E-state index in [9.17, 15) is 4.79 Å². The summed E-state index contributed by atoms with van der Waals surface area (Å²) in [6.07, 6.45) is 1.47. The van der Waals surface area contributed by atoms with E-state index in [0.717, 1.165) is 31.5 Å². The number of benzene rings is 1. The molecule has 1 saturated heterocycles. The van der Waals surface area contributed by atoms with Crippen molar-refractivity contribution in [2.45, 2.75) is 18.9 Å². The van der Waals surface area contributed by atoms with E-state index in [1.165, 1.54) is 0 Å². The van der Waals surface area contributed by atoms with Crippen LogP contribution in [0.3, 0.4) is 0 Å². The van der Waals surface area contributed by atoms with Gasteiger partial charge >= 0.3 is 6.09 Å². The van der Waals surface area contributed by atoms with Gasteiger partial charge in [-0.05, 0) is 37.1 Å². The molecule has 0 aromatic heterocycles. The molecule has 2 unspecified atom stereocenters. The second-order valence-electron chi connectivity index (χ2n) is 4.74. The normalized spacial score (nSPS) is 20.6. The zero-order chi connectivity index (χ0) is 13.7. The molecule has 4 nitrogen and oxygen atoms in total. The first-order valence-corrected chi connectivity index (χ1v) is 6.93. The molecule has 19 heavy (non-hydrogen) atoms. The van der Waals surface area contributed by atoms with Crippen molar-refractivity contribution in [3.8, 4) is 0 Å². The van der Waals surface area contributed by atoms with Crippen LogP contribution in [0.25, 0.3) is 0 Å². The molecule has 0 saturated carbocycles. The van der Waals surface area contributed by atoms with Crippen molar-refractivity contribution in [1.82, 2.24) is 10.6 Å². The molecule has 1 fully saturated rings. The van der Waals surface area contributed by atoms with E-state index in [0.29, 0.717) is 5.02 Å². The molecule has 1 amide bonds. The van der Waals surface area contributed by atoms with E-state index in [-0.39, 0.29) is 12.0 Å². The summed E-state index contributed by atoms with van der Waals surface area (Å²) in [6, 6.07) is 7.52. The van der Waals surface area contributed by atoms with Gasteiger partial charge < -0.3 is 15.4 Å². The van der Waals surface area contributed by atoms with Crippen molar-refractivity contribution in [2.75, 3.05) is 20.1 Å². The first-order valence-electron chi connectivity index (χ1n) is 6.55. The number of nitrogens with one attached hydrogen (secondary N) is 2. The van der Waals surface area contributed by atoms with Gasteiger partial charge in [0.15, 0.2) is 0 Å². The van der Waals surface area contributed by atoms with Crippen LogP contribution in [0.4, 0.5) is 4.79 Å². The lowest BCUT2D eigenvalue weighted by molar-refractivity contribution is 0.0532. The minimum atomic E-state index is -0.407. The smallest absolute Gasteiger partial charge is 0.407 e. The molecule has 0 spiro atoms. The van der Waals surface area contributed by atoms with Crippen LogP contribution in [0.2, 0.25) is 5.02 Å². The zero-order valence-corrected chi connectivity index (χ0v) is 11.7. The predicted octanol–water partition coefficient (Wildman–Crippen LogP) is 2.74. The van der Waals surface area contributed by atoms with E-state index in [2.05, 4.69) is 10.6 Å². The number of carbonyl (C=O) groups is 1. The summed E-state index contributed by atoms with van der Waals surface area (Å²) in [5, 5.41) is 6.51. The van der Waals surface area contributed by atoms with Gasteiger partial charge in [0.2, 0.25) is 0 Å². The largest absolute Gasteiger partial charge is 0.441 e. The number of piperidine rings is 1. The Labute approximate surface area is 118 Å². The summed E-state index contributed by atoms with van der Waals surface area (Å²) < 4.78 is 5.53. The second-order valence-corrected chi connectivity index (χ2v) is 5.17. The second kappa shape index (κ2) is 6.78. The number of amides is 1. The lowest BCUT2D eigenvalue weighted by Crippen LogP contribution is -2.36. The minimum absolute atomic E-state index is 0.258. The Kier molecular flexibility index (Phi) is 5.05. The maximum atomic E-state index is 11.5. The molecule has 1 aromatic rings. The molecule has 0 aliphatic carbocycles. The molecule has 1 aliphatic heterocycles. The van der Waals surface area contributed by atoms with Crippen molar-refractivity contribution in [1.29, 1.82) is 0 Å². The molecule has 2 rings (SSSR count). The van der Waals surface area contributed by atoms with Gasteiger partial charge in [-0.2, -0.15) is 0 Å². The molecule has 1 heterocycles. The van der Waals surface area contributed by atoms with Crippen LogP contribution in [0, 0.1) is 5.92 Å². The van der Waals surface area contributed by atoms with Gasteiger partial charge in [0, 0.05) is 24.5 Å². The van der Waals surface area contributed by atoms with E-state index in [4.69, 9.17) is 16.3 Å². The van der Waals surface area contributed by atoms with Gasteiger partial charge in [0.05, 0.1) is 0 Å². The Morgan fingerprint density at radius 3 is 3.05 bits per heavy atom. The lowest BCUT2D eigenvalue weighted by Gasteiger charge is -2.30. The highest BCUT2D eigenvalue weighted by atomic mass is 35.5. The van der Waals surface area contributed by atoms with Crippen molar-refractivity contribution in [3.63, 3.8) is 0 Å². The highest BCUT2D eigenvalue weighted by molar-refractivity contribution is 6.30. The zero-order valence-electron chi connectivity index (χ0n) is 11.0. The monoisotopic (exact) mass is 282 g/mol. The first-order chi connectivity index (χ1) is 9.20. The molecule has 1 aliphatic rings. The van der Waals surface area contributed by atoms with Crippen LogP contribution < -0.4 is 10.6 Å². The lowest BCUT2D eigenvalue weighted by atomic mass is 9.89. The highest BCUT2D eigenvalue weighted by Crippen LogP contribution is 2.32. The van der Waals surface area contributed by atoms with Crippen LogP contribution in [0.15, 0.2) is 24.3 Å². The molecular formula is C14H19ClN2O2. The van der Waals surface area contributed by atoms with Gasteiger partial charge in [0.1, 0.15) is 6.10 Å². The fourth-order valence-electron chi connectivity index (χ4n) is 2.43. The summed E-state index contributed by atoms with van der Waals surface area (Å²) in [7, 11) is 1.57. The summed E-state index contributed by atoms with van der Waals surface area (Å²) in [5.41, 5.74) is 0.949. The number of hydrogen-bond acceptors (Lipinski definition) is 3. The van der Waals surface area contributed by atoms with Crippen LogP contribution in [0.5, 0.6) is 0 Å². The number of halogens is 1. The molecular weight excluding hydrogens is 264 g/mol. The maximum absolute atomic E-state index is 11.5. The predicted molar refractivity (Wildman–Crippen MR) is 75.3 cm³/mol. The van der Waals surface area contributed by atoms with Crippen molar-refractivity contribution >= 4 is 17.7 Å². The van der Waals surface area contributed by atoms with Gasteiger partial charge in [-0.15, -0.1) is 0 Å². The van der Waals surface area contributed by atoms with Crippen molar-refractivity contribution < 1.29 is 9.53 Å². The van der Waals surface area contributed by atoms with E-state index >= 15 is 0 Å². The third-order valence-electron chi connectivity index (χ3n) is 3.38. The minimum Gasteiger partial charge on any atom is -0.441 e. The standard InChI is InChI=1S/C14H19ClN2O2/c1-16-14(18)19-13(11-5-3-7-17-9-11)10-4-2-6-12(15)8-10/h2,4,6,8,11,13,17H,3,5,7,9H2,1H3,(H,16,18). The molecule has 2 N–H and O–H groups in total. The van der Waals surface area contributed by atoms with E-state index < -0.39 is 6.09 Å². The summed E-state index contributed by atoms with van der Waals surface area (Å²) >= 11 is 6.03. The van der Waals surface area contributed by atoms with Crippen LogP contribution in [-0.2, 0) is 4.74 Å². The summed E-state index contributed by atoms with van der Waals surface area (Å²) in [4.78, 5) is 11.5. The Hall–Kier alpha value is -1.26. The fourth-order valence-corrected chi connectivity index (χ4v) is 2.63. The van der Waals surface area contributed by atoms with Gasteiger partial charge in [-0.1, -0.05) is 23.7 Å². The van der Waals surface area contributed by atoms with Gasteiger partial charge in [-0.25, -0.2) is 4.79 Å². The third kappa shape index (κ3) is 3.85. The quantitative estimate of drug-likeness (QED) is 0.896. The fraction of sp³-hybridized carbons (Fsp3) is 0.500. The van der Waals surface area contributed by atoms with Crippen LogP contribution in [0.1, 0.15) is 24.5 Å². The SMILES string of the molecule is CNC(=O)OC(c1cccc(Cl)c1)C1CCCNC1. The Bertz CT molecular complexity index is 433. The van der Waals surface area contributed by atoms with Crippen molar-refractivity contribution in [3.05, 3.63) is 34.9 Å². The Balaban J connectivity index is 2.19. The number of hydrogen-bond donors (Lipinski definition) is 2. The van der Waals surface area contributed by atoms with Crippen molar-refractivity contribution in [2.24, 2.45) is 5.92 Å². The van der Waals surface area contributed by atoms with E-state index in [1.807, 2.05) is 24.3 Å². The average Bonchev–Trinajstić information content (AvgIpc) is 2.45. The third-order valence-corrected chi connectivity index (χ3v) is 3.61. The van der Waals surface area contributed by atoms with Gasteiger partial charge in [-0.3, -0.25) is 0 Å². The molecule has 0 radical (unpaired) electrons. The number of alkyl carbamates (subject to hydrolysis) is 1. The first kappa shape index (κ1) is 14.2.